The molecule has 0 saturated heterocycles. The van der Waals surface area contributed by atoms with Crippen LogP contribution in [0.25, 0.3) is 11.0 Å². The molecule has 7 nitrogen and oxygen atoms in total. The van der Waals surface area contributed by atoms with Crippen molar-refractivity contribution in [2.24, 2.45) is 0 Å². The molecule has 0 aliphatic heterocycles. The normalized spacial score (nSPS) is 14.6. The zero-order valence-corrected chi connectivity index (χ0v) is 18.6. The van der Waals surface area contributed by atoms with E-state index in [0.29, 0.717) is 22.1 Å². The van der Waals surface area contributed by atoms with Crippen molar-refractivity contribution >= 4 is 16.9 Å². The average molecular weight is 510 g/mol. The average Bonchev–Trinajstić information content (AvgIpc) is 3.10. The van der Waals surface area contributed by atoms with Gasteiger partial charge in [0, 0.05) is 16.7 Å². The molecule has 0 aliphatic rings. The third kappa shape index (κ3) is 3.86. The summed E-state index contributed by atoms with van der Waals surface area (Å²) in [6.45, 7) is 0. The molecule has 0 bridgehead atoms. The lowest BCUT2D eigenvalue weighted by atomic mass is 9.77. The van der Waals surface area contributed by atoms with Crippen LogP contribution in [0.5, 0.6) is 0 Å². The van der Waals surface area contributed by atoms with E-state index in [0.717, 1.165) is 0 Å². The van der Waals surface area contributed by atoms with E-state index in [9.17, 15) is 20.0 Å². The molecule has 3 rings (SSSR count). The highest BCUT2D eigenvalue weighted by Gasteiger charge is 2.65. The number of aliphatic carboxylic acids is 1. The van der Waals surface area contributed by atoms with E-state index in [4.69, 9.17) is 4.42 Å². The van der Waals surface area contributed by atoms with Crippen LogP contribution in [-0.2, 0) is 16.8 Å². The number of carbonyl (C=O) groups is 1. The van der Waals surface area contributed by atoms with Gasteiger partial charge in [0.05, 0.1) is 33.0 Å². The summed E-state index contributed by atoms with van der Waals surface area (Å²) in [5, 5.41) is 23.4. The van der Waals surface area contributed by atoms with E-state index in [2.05, 4.69) is 0 Å². The van der Waals surface area contributed by atoms with E-state index in [1.54, 1.807) is 69.7 Å². The molecule has 0 spiro atoms. The second kappa shape index (κ2) is 8.50. The fraction of sp³-hybridized carbons (Fsp3) is 0.286. The molecule has 2 unspecified atom stereocenters. The lowest BCUT2D eigenvalue weighted by molar-refractivity contribution is -0.936. The molecule has 1 heterocycles. The standard InChI is InChI=1S/C21H22N2O5.HI/c1-23(2,3)21(20(24)25,17-11-7-10-16-12-13-28-19(16)17)18(22(26)27)14-15-8-5-4-6-9-15;/h4-13,18H,14H2,1-3H3;1H. The van der Waals surface area contributed by atoms with Crippen molar-refractivity contribution in [1.29, 1.82) is 0 Å². The minimum atomic E-state index is -1.86. The number of quaternary nitrogens is 1. The first-order valence-electron chi connectivity index (χ1n) is 8.88. The summed E-state index contributed by atoms with van der Waals surface area (Å²) >= 11 is 0. The van der Waals surface area contributed by atoms with Crippen molar-refractivity contribution in [2.45, 2.75) is 18.0 Å². The molecule has 2 aromatic carbocycles. The highest BCUT2D eigenvalue weighted by Crippen LogP contribution is 2.41. The van der Waals surface area contributed by atoms with Crippen LogP contribution in [0.4, 0.5) is 0 Å². The van der Waals surface area contributed by atoms with Gasteiger partial charge in [-0.25, -0.2) is 4.79 Å². The Kier molecular flexibility index (Phi) is 6.69. The van der Waals surface area contributed by atoms with Gasteiger partial charge in [-0.1, -0.05) is 42.5 Å². The third-order valence-corrected chi connectivity index (χ3v) is 5.28. The molecule has 1 N–H and O–H groups in total. The largest absolute Gasteiger partial charge is 1.00 e. The van der Waals surface area contributed by atoms with Gasteiger partial charge >= 0.3 is 5.97 Å². The number of hydrogen-bond donors (Lipinski definition) is 1. The molecule has 0 saturated carbocycles. The highest BCUT2D eigenvalue weighted by molar-refractivity contribution is 5.89. The summed E-state index contributed by atoms with van der Waals surface area (Å²) < 4.78 is 5.40. The fourth-order valence-corrected chi connectivity index (χ4v) is 4.04. The molecule has 2 atom stereocenters. The molecule has 0 radical (unpaired) electrons. The van der Waals surface area contributed by atoms with Gasteiger partial charge in [0.15, 0.2) is 0 Å². The van der Waals surface area contributed by atoms with E-state index < -0.39 is 22.5 Å². The van der Waals surface area contributed by atoms with Crippen LogP contribution in [0.15, 0.2) is 65.3 Å². The minimum Gasteiger partial charge on any atom is -1.00 e. The highest BCUT2D eigenvalue weighted by atomic mass is 127. The number of likely N-dealkylation sites (N-methyl/N-ethyl adjacent to an activating group) is 1. The first-order valence-corrected chi connectivity index (χ1v) is 8.88. The Balaban J connectivity index is 0.00000300. The zero-order chi connectivity index (χ0) is 20.5. The van der Waals surface area contributed by atoms with Gasteiger partial charge in [-0.2, -0.15) is 0 Å². The van der Waals surface area contributed by atoms with Gasteiger partial charge in [-0.3, -0.25) is 10.1 Å². The van der Waals surface area contributed by atoms with Gasteiger partial charge in [0.25, 0.3) is 11.6 Å². The predicted molar refractivity (Wildman–Crippen MR) is 104 cm³/mol. The van der Waals surface area contributed by atoms with Crippen LogP contribution in [0.1, 0.15) is 11.1 Å². The number of halogens is 1. The Labute approximate surface area is 185 Å². The van der Waals surface area contributed by atoms with Gasteiger partial charge in [0.1, 0.15) is 5.58 Å². The lowest BCUT2D eigenvalue weighted by Crippen LogP contribution is -3.00. The van der Waals surface area contributed by atoms with Crippen molar-refractivity contribution < 1.29 is 47.7 Å². The Morgan fingerprint density at radius 3 is 2.34 bits per heavy atom. The molecule has 8 heteroatoms. The summed E-state index contributed by atoms with van der Waals surface area (Å²) in [6.07, 6.45) is 1.45. The number of benzene rings is 2. The van der Waals surface area contributed by atoms with Crippen molar-refractivity contribution in [3.63, 3.8) is 0 Å². The van der Waals surface area contributed by atoms with Crippen LogP contribution in [0, 0.1) is 10.1 Å². The van der Waals surface area contributed by atoms with E-state index in [1.807, 2.05) is 6.07 Å². The molecule has 1 aromatic heterocycles. The van der Waals surface area contributed by atoms with E-state index in [1.165, 1.54) is 6.26 Å². The third-order valence-electron chi connectivity index (χ3n) is 5.28. The van der Waals surface area contributed by atoms with Crippen molar-refractivity contribution in [3.05, 3.63) is 82.1 Å². The number of hydrogen-bond acceptors (Lipinski definition) is 4. The summed E-state index contributed by atoms with van der Waals surface area (Å²) in [7, 11) is 4.99. The molecule has 0 amide bonds. The number of furan rings is 1. The second-order valence-corrected chi connectivity index (χ2v) is 7.72. The number of fused-ring (bicyclic) bond motifs is 1. The Morgan fingerprint density at radius 1 is 1.14 bits per heavy atom. The fourth-order valence-electron chi connectivity index (χ4n) is 4.04. The summed E-state index contributed by atoms with van der Waals surface area (Å²) in [5.74, 6) is -1.26. The van der Waals surface area contributed by atoms with Gasteiger partial charge in [-0.15, -0.1) is 0 Å². The zero-order valence-electron chi connectivity index (χ0n) is 16.4. The smallest absolute Gasteiger partial charge is 0.378 e. The molecule has 29 heavy (non-hydrogen) atoms. The first kappa shape index (κ1) is 22.8. The van der Waals surface area contributed by atoms with E-state index in [-0.39, 0.29) is 34.9 Å². The lowest BCUT2D eigenvalue weighted by Gasteiger charge is -2.43. The number of carboxylic acid groups (broad SMARTS) is 1. The molecule has 154 valence electrons. The van der Waals surface area contributed by atoms with Crippen LogP contribution >= 0.6 is 0 Å². The van der Waals surface area contributed by atoms with Gasteiger partial charge < -0.3 is 38.0 Å². The molecule has 3 aromatic rings. The Bertz CT molecular complexity index is 1010. The maximum Gasteiger partial charge on any atom is 0.378 e. The van der Waals surface area contributed by atoms with Gasteiger partial charge in [-0.05, 0) is 17.7 Å². The minimum absolute atomic E-state index is 0. The van der Waals surface area contributed by atoms with Crippen LogP contribution in [0.3, 0.4) is 0 Å². The van der Waals surface area contributed by atoms with Crippen molar-refractivity contribution in [3.8, 4) is 0 Å². The van der Waals surface area contributed by atoms with E-state index >= 15 is 0 Å². The number of nitro groups is 1. The quantitative estimate of drug-likeness (QED) is 0.214. The predicted octanol–water partition coefficient (Wildman–Crippen LogP) is 0.311. The number of nitrogens with zero attached hydrogens (tertiary/aromatic N) is 2. The summed E-state index contributed by atoms with van der Waals surface area (Å²) in [5.41, 5.74) is -0.503. The van der Waals surface area contributed by atoms with Crippen molar-refractivity contribution in [2.75, 3.05) is 21.1 Å². The molecular weight excluding hydrogens is 487 g/mol. The Morgan fingerprint density at radius 2 is 1.79 bits per heavy atom. The maximum atomic E-state index is 12.8. The molecule has 0 fully saturated rings. The molecular formula is C21H23IN2O5. The monoisotopic (exact) mass is 510 g/mol. The first-order chi connectivity index (χ1) is 13.2. The second-order valence-electron chi connectivity index (χ2n) is 7.72. The SMILES string of the molecule is C[N+](C)(C)C(C(=O)O)(c1cccc2ccoc12)C(Cc1ccccc1)[N+](=O)[O-].[I-]. The maximum absolute atomic E-state index is 12.8. The summed E-state index contributed by atoms with van der Waals surface area (Å²) in [6, 6.07) is 14.4. The van der Waals surface area contributed by atoms with Crippen LogP contribution in [-0.4, -0.2) is 47.7 Å². The summed E-state index contributed by atoms with van der Waals surface area (Å²) in [4.78, 5) is 24.6. The Hall–Kier alpha value is -2.46. The molecule has 0 aliphatic carbocycles. The number of rotatable bonds is 7. The van der Waals surface area contributed by atoms with Crippen LogP contribution in [0.2, 0.25) is 0 Å². The van der Waals surface area contributed by atoms with Crippen molar-refractivity contribution in [1.82, 2.24) is 0 Å². The van der Waals surface area contributed by atoms with Gasteiger partial charge in [0.2, 0.25) is 0 Å². The number of para-hydroxylation sites is 1. The number of carboxylic acids is 1. The topological polar surface area (TPSA) is 93.6 Å². The van der Waals surface area contributed by atoms with Crippen LogP contribution < -0.4 is 24.0 Å².